The topological polar surface area (TPSA) is 79.6 Å². The third-order valence-corrected chi connectivity index (χ3v) is 4.19. The molecule has 0 aromatic carbocycles. The van der Waals surface area contributed by atoms with Crippen molar-refractivity contribution in [3.8, 4) is 0 Å². The van der Waals surface area contributed by atoms with Crippen LogP contribution in [0.4, 0.5) is 0 Å². The quantitative estimate of drug-likeness (QED) is 0.651. The SMILES string of the molecule is C=CCNC(=O)c1nc(C(=O)N(C)CCc2ccncc2)c2ccccn12. The van der Waals surface area contributed by atoms with Crippen molar-refractivity contribution in [1.29, 1.82) is 0 Å². The van der Waals surface area contributed by atoms with Gasteiger partial charge in [-0.2, -0.15) is 0 Å². The molecule has 138 valence electrons. The summed E-state index contributed by atoms with van der Waals surface area (Å²) in [4.78, 5) is 35.2. The van der Waals surface area contributed by atoms with Crippen LogP contribution >= 0.6 is 0 Å². The summed E-state index contributed by atoms with van der Waals surface area (Å²) in [6.07, 6.45) is 7.48. The number of nitrogens with one attached hydrogen (secondary N) is 1. The number of likely N-dealkylation sites (N-methyl/N-ethyl adjacent to an activating group) is 1. The van der Waals surface area contributed by atoms with Gasteiger partial charge < -0.3 is 10.2 Å². The van der Waals surface area contributed by atoms with Crippen LogP contribution in [-0.2, 0) is 6.42 Å². The molecule has 0 radical (unpaired) electrons. The van der Waals surface area contributed by atoms with E-state index in [1.165, 1.54) is 0 Å². The van der Waals surface area contributed by atoms with Crippen LogP contribution in [0.25, 0.3) is 5.52 Å². The van der Waals surface area contributed by atoms with E-state index in [0.717, 1.165) is 5.56 Å². The van der Waals surface area contributed by atoms with Crippen molar-refractivity contribution in [2.75, 3.05) is 20.1 Å². The van der Waals surface area contributed by atoms with E-state index in [0.29, 0.717) is 25.0 Å². The minimum atomic E-state index is -0.352. The number of pyridine rings is 2. The van der Waals surface area contributed by atoms with Crippen LogP contribution in [0.5, 0.6) is 0 Å². The van der Waals surface area contributed by atoms with Crippen molar-refractivity contribution in [3.05, 3.63) is 78.7 Å². The van der Waals surface area contributed by atoms with Crippen LogP contribution in [0.1, 0.15) is 26.7 Å². The minimum absolute atomic E-state index is 0.179. The van der Waals surface area contributed by atoms with E-state index in [9.17, 15) is 9.59 Å². The lowest BCUT2D eigenvalue weighted by Crippen LogP contribution is -2.29. The zero-order valence-corrected chi connectivity index (χ0v) is 15.1. The van der Waals surface area contributed by atoms with Crippen LogP contribution in [-0.4, -0.2) is 51.2 Å². The van der Waals surface area contributed by atoms with Crippen molar-refractivity contribution in [3.63, 3.8) is 0 Å². The number of rotatable bonds is 7. The molecule has 1 N–H and O–H groups in total. The molecule has 7 heteroatoms. The van der Waals surface area contributed by atoms with E-state index in [2.05, 4.69) is 21.9 Å². The second-order valence-electron chi connectivity index (χ2n) is 6.07. The summed E-state index contributed by atoms with van der Waals surface area (Å²) < 4.78 is 1.63. The second kappa shape index (κ2) is 8.27. The number of carbonyl (C=O) groups is 2. The zero-order valence-electron chi connectivity index (χ0n) is 15.1. The second-order valence-corrected chi connectivity index (χ2v) is 6.07. The molecule has 0 atom stereocenters. The van der Waals surface area contributed by atoms with Gasteiger partial charge in [0.15, 0.2) is 5.69 Å². The smallest absolute Gasteiger partial charge is 0.287 e. The van der Waals surface area contributed by atoms with Crippen LogP contribution in [0.15, 0.2) is 61.6 Å². The summed E-state index contributed by atoms with van der Waals surface area (Å²) in [6, 6.07) is 9.23. The van der Waals surface area contributed by atoms with Crippen LogP contribution in [0, 0.1) is 0 Å². The first-order valence-corrected chi connectivity index (χ1v) is 8.62. The van der Waals surface area contributed by atoms with Gasteiger partial charge in [0.25, 0.3) is 11.8 Å². The molecule has 0 aliphatic carbocycles. The fourth-order valence-electron chi connectivity index (χ4n) is 2.73. The number of hydrogen-bond donors (Lipinski definition) is 1. The molecular formula is C20H21N5O2. The summed E-state index contributed by atoms with van der Waals surface area (Å²) in [5, 5.41) is 2.70. The predicted octanol–water partition coefficient (Wildman–Crippen LogP) is 1.96. The molecule has 27 heavy (non-hydrogen) atoms. The van der Waals surface area contributed by atoms with E-state index in [1.807, 2.05) is 18.2 Å². The molecule has 3 rings (SSSR count). The number of imidazole rings is 1. The Labute approximate surface area is 157 Å². The summed E-state index contributed by atoms with van der Waals surface area (Å²) in [5.41, 5.74) is 1.96. The lowest BCUT2D eigenvalue weighted by atomic mass is 10.2. The Morgan fingerprint density at radius 2 is 2.04 bits per heavy atom. The van der Waals surface area contributed by atoms with Gasteiger partial charge in [0.05, 0.1) is 5.52 Å². The first-order chi connectivity index (χ1) is 13.1. The Kier molecular flexibility index (Phi) is 5.61. The maximum atomic E-state index is 12.9. The molecule has 7 nitrogen and oxygen atoms in total. The number of nitrogens with zero attached hydrogens (tertiary/aromatic N) is 4. The Bertz CT molecular complexity index is 965. The van der Waals surface area contributed by atoms with Gasteiger partial charge in [-0.25, -0.2) is 4.98 Å². The van der Waals surface area contributed by atoms with Crippen molar-refractivity contribution in [1.82, 2.24) is 24.6 Å². The molecule has 3 heterocycles. The first-order valence-electron chi connectivity index (χ1n) is 8.62. The Balaban J connectivity index is 1.83. The highest BCUT2D eigenvalue weighted by Crippen LogP contribution is 2.15. The van der Waals surface area contributed by atoms with Gasteiger partial charge in [-0.3, -0.25) is 19.0 Å². The van der Waals surface area contributed by atoms with Crippen molar-refractivity contribution < 1.29 is 9.59 Å². The van der Waals surface area contributed by atoms with E-state index in [1.54, 1.807) is 53.1 Å². The van der Waals surface area contributed by atoms with Crippen molar-refractivity contribution >= 4 is 17.3 Å². The number of carbonyl (C=O) groups excluding carboxylic acids is 2. The van der Waals surface area contributed by atoms with Crippen LogP contribution in [0.2, 0.25) is 0 Å². The maximum absolute atomic E-state index is 12.9. The molecule has 0 fully saturated rings. The maximum Gasteiger partial charge on any atom is 0.287 e. The third kappa shape index (κ3) is 4.03. The highest BCUT2D eigenvalue weighted by atomic mass is 16.2. The largest absolute Gasteiger partial charge is 0.346 e. The zero-order chi connectivity index (χ0) is 19.2. The molecule has 0 saturated heterocycles. The summed E-state index contributed by atoms with van der Waals surface area (Å²) in [5.74, 6) is -0.400. The molecule has 0 aliphatic rings. The molecular weight excluding hydrogens is 342 g/mol. The highest BCUT2D eigenvalue weighted by molar-refractivity contribution is 6.02. The van der Waals surface area contributed by atoms with Gasteiger partial charge in [0.1, 0.15) is 0 Å². The number of hydrogen-bond acceptors (Lipinski definition) is 4. The summed E-state index contributed by atoms with van der Waals surface area (Å²) in [7, 11) is 1.73. The van der Waals surface area contributed by atoms with Crippen molar-refractivity contribution in [2.24, 2.45) is 0 Å². The molecule has 3 aromatic rings. The van der Waals surface area contributed by atoms with Gasteiger partial charge in [-0.05, 0) is 36.2 Å². The highest BCUT2D eigenvalue weighted by Gasteiger charge is 2.23. The molecule has 0 saturated carbocycles. The van der Waals surface area contributed by atoms with Crippen LogP contribution < -0.4 is 5.32 Å². The Morgan fingerprint density at radius 1 is 1.26 bits per heavy atom. The summed E-state index contributed by atoms with van der Waals surface area (Å²) >= 11 is 0. The Hall–Kier alpha value is -3.48. The molecule has 0 aliphatic heterocycles. The normalized spacial score (nSPS) is 10.6. The Morgan fingerprint density at radius 3 is 2.78 bits per heavy atom. The average Bonchev–Trinajstić information content (AvgIpc) is 3.10. The number of aromatic nitrogens is 3. The lowest BCUT2D eigenvalue weighted by Gasteiger charge is -2.16. The van der Waals surface area contributed by atoms with E-state index >= 15 is 0 Å². The lowest BCUT2D eigenvalue weighted by molar-refractivity contribution is 0.0793. The minimum Gasteiger partial charge on any atom is -0.346 e. The van der Waals surface area contributed by atoms with Gasteiger partial charge in [0, 0.05) is 38.7 Å². The third-order valence-electron chi connectivity index (χ3n) is 4.19. The van der Waals surface area contributed by atoms with Gasteiger partial charge in [0.2, 0.25) is 5.82 Å². The van der Waals surface area contributed by atoms with E-state index in [4.69, 9.17) is 0 Å². The fourth-order valence-corrected chi connectivity index (χ4v) is 2.73. The molecule has 0 unspecified atom stereocenters. The standard InChI is InChI=1S/C20H21N5O2/c1-3-10-22-19(26)18-23-17(16-6-4-5-13-25(16)18)20(27)24(2)14-9-15-7-11-21-12-8-15/h3-8,11-13H,1,9-10,14H2,2H3,(H,22,26). The molecule has 0 bridgehead atoms. The number of fused-ring (bicyclic) bond motifs is 1. The van der Waals surface area contributed by atoms with E-state index in [-0.39, 0.29) is 23.3 Å². The first kappa shape index (κ1) is 18.3. The van der Waals surface area contributed by atoms with E-state index < -0.39 is 0 Å². The fraction of sp³-hybridized carbons (Fsp3) is 0.200. The molecule has 0 spiro atoms. The summed E-state index contributed by atoms with van der Waals surface area (Å²) in [6.45, 7) is 4.45. The average molecular weight is 363 g/mol. The number of amides is 2. The molecule has 3 aromatic heterocycles. The van der Waals surface area contributed by atoms with Crippen molar-refractivity contribution in [2.45, 2.75) is 6.42 Å². The van der Waals surface area contributed by atoms with Crippen LogP contribution in [0.3, 0.4) is 0 Å². The van der Waals surface area contributed by atoms with Gasteiger partial charge in [-0.15, -0.1) is 6.58 Å². The predicted molar refractivity (Wildman–Crippen MR) is 103 cm³/mol. The molecule has 2 amide bonds. The van der Waals surface area contributed by atoms with Gasteiger partial charge >= 0.3 is 0 Å². The van der Waals surface area contributed by atoms with Gasteiger partial charge in [-0.1, -0.05) is 12.1 Å². The monoisotopic (exact) mass is 363 g/mol.